The summed E-state index contributed by atoms with van der Waals surface area (Å²) < 4.78 is 45.2. The van der Waals surface area contributed by atoms with E-state index in [1.165, 1.54) is 4.31 Å². The van der Waals surface area contributed by atoms with Gasteiger partial charge < -0.3 is 4.74 Å². The van der Waals surface area contributed by atoms with E-state index in [1.807, 2.05) is 0 Å². The van der Waals surface area contributed by atoms with Gasteiger partial charge in [-0.15, -0.1) is 0 Å². The molecule has 5 nitrogen and oxygen atoms in total. The van der Waals surface area contributed by atoms with Gasteiger partial charge in [-0.1, -0.05) is 11.6 Å². The van der Waals surface area contributed by atoms with Crippen molar-refractivity contribution in [1.82, 2.24) is 9.29 Å². The number of halogens is 2. The molecule has 0 unspecified atom stereocenters. The standard InChI is InChI=1S/C14H18ClFN2O3S/c1-21-10-7-14(8-10)2-4-18(5-3-14)22(19,20)11-6-12(16)13(15)17-9-11/h6,9-10H,2-5,7-8H2,1H3. The van der Waals surface area contributed by atoms with Crippen molar-refractivity contribution >= 4 is 21.6 Å². The highest BCUT2D eigenvalue weighted by Crippen LogP contribution is 2.50. The molecule has 1 saturated heterocycles. The summed E-state index contributed by atoms with van der Waals surface area (Å²) in [4.78, 5) is 3.44. The van der Waals surface area contributed by atoms with Crippen LogP contribution in [0.2, 0.25) is 5.15 Å². The molecule has 0 N–H and O–H groups in total. The number of pyridine rings is 1. The van der Waals surface area contributed by atoms with Gasteiger partial charge in [-0.3, -0.25) is 0 Å². The monoisotopic (exact) mass is 348 g/mol. The van der Waals surface area contributed by atoms with Crippen LogP contribution in [0.15, 0.2) is 17.2 Å². The summed E-state index contributed by atoms with van der Waals surface area (Å²) in [5, 5.41) is -0.323. The SMILES string of the molecule is COC1CC2(CCN(S(=O)(=O)c3cnc(Cl)c(F)c3)CC2)C1. The molecule has 2 fully saturated rings. The average molecular weight is 349 g/mol. The molecule has 122 valence electrons. The number of methoxy groups -OCH3 is 1. The maximum atomic E-state index is 13.5. The molecule has 1 aromatic heterocycles. The summed E-state index contributed by atoms with van der Waals surface area (Å²) in [6, 6.07) is 0.930. The zero-order valence-electron chi connectivity index (χ0n) is 12.3. The molecule has 8 heteroatoms. The summed E-state index contributed by atoms with van der Waals surface area (Å²) in [7, 11) is -2.01. The van der Waals surface area contributed by atoms with Crippen molar-refractivity contribution in [1.29, 1.82) is 0 Å². The molecular weight excluding hydrogens is 331 g/mol. The zero-order valence-corrected chi connectivity index (χ0v) is 13.8. The number of nitrogens with zero attached hydrogens (tertiary/aromatic N) is 2. The summed E-state index contributed by atoms with van der Waals surface area (Å²) in [5.41, 5.74) is 0.218. The van der Waals surface area contributed by atoms with Crippen molar-refractivity contribution in [3.63, 3.8) is 0 Å². The largest absolute Gasteiger partial charge is 0.381 e. The van der Waals surface area contributed by atoms with E-state index in [1.54, 1.807) is 7.11 Å². The summed E-state index contributed by atoms with van der Waals surface area (Å²) in [5.74, 6) is -0.821. The van der Waals surface area contributed by atoms with Crippen LogP contribution in [0.4, 0.5) is 4.39 Å². The van der Waals surface area contributed by atoms with Gasteiger partial charge in [-0.25, -0.2) is 17.8 Å². The first kappa shape index (κ1) is 16.1. The number of hydrogen-bond donors (Lipinski definition) is 0. The first-order valence-electron chi connectivity index (χ1n) is 7.20. The fourth-order valence-electron chi connectivity index (χ4n) is 3.38. The Morgan fingerprint density at radius 1 is 1.41 bits per heavy atom. The topological polar surface area (TPSA) is 59.5 Å². The van der Waals surface area contributed by atoms with Crippen molar-refractivity contribution in [2.45, 2.75) is 36.7 Å². The van der Waals surface area contributed by atoms with Crippen molar-refractivity contribution in [2.75, 3.05) is 20.2 Å². The van der Waals surface area contributed by atoms with E-state index in [4.69, 9.17) is 16.3 Å². The van der Waals surface area contributed by atoms with Crippen molar-refractivity contribution < 1.29 is 17.5 Å². The second kappa shape index (κ2) is 5.70. The number of ether oxygens (including phenoxy) is 1. The van der Waals surface area contributed by atoms with E-state index in [0.29, 0.717) is 19.2 Å². The second-order valence-corrected chi connectivity index (χ2v) is 8.41. The van der Waals surface area contributed by atoms with E-state index in [2.05, 4.69) is 4.98 Å². The highest BCUT2D eigenvalue weighted by atomic mass is 35.5. The van der Waals surface area contributed by atoms with Gasteiger partial charge in [0.2, 0.25) is 10.0 Å². The van der Waals surface area contributed by atoms with Crippen LogP contribution in [-0.2, 0) is 14.8 Å². The van der Waals surface area contributed by atoms with Crippen LogP contribution in [-0.4, -0.2) is 44.0 Å². The molecule has 0 aromatic carbocycles. The van der Waals surface area contributed by atoms with Crippen molar-refractivity contribution in [3.8, 4) is 0 Å². The van der Waals surface area contributed by atoms with Gasteiger partial charge >= 0.3 is 0 Å². The predicted octanol–water partition coefficient (Wildman–Crippen LogP) is 2.45. The first-order chi connectivity index (χ1) is 10.4. The molecule has 1 saturated carbocycles. The molecule has 0 atom stereocenters. The quantitative estimate of drug-likeness (QED) is 0.787. The average Bonchev–Trinajstić information content (AvgIpc) is 2.47. The van der Waals surface area contributed by atoms with E-state index in [9.17, 15) is 12.8 Å². The smallest absolute Gasteiger partial charge is 0.244 e. The maximum Gasteiger partial charge on any atom is 0.244 e. The lowest BCUT2D eigenvalue weighted by Gasteiger charge is -2.51. The number of rotatable bonds is 3. The summed E-state index contributed by atoms with van der Waals surface area (Å²) >= 11 is 5.50. The van der Waals surface area contributed by atoms with Gasteiger partial charge in [0.1, 0.15) is 4.90 Å². The molecule has 0 bridgehead atoms. The normalized spacial score (nSPS) is 22.7. The fraction of sp³-hybridized carbons (Fsp3) is 0.643. The summed E-state index contributed by atoms with van der Waals surface area (Å²) in [6.45, 7) is 0.895. The molecule has 1 aliphatic heterocycles. The Balaban J connectivity index is 1.71. The molecule has 2 heterocycles. The Morgan fingerprint density at radius 2 is 2.05 bits per heavy atom. The molecule has 1 aromatic rings. The number of piperidine rings is 1. The Morgan fingerprint density at radius 3 is 2.59 bits per heavy atom. The highest BCUT2D eigenvalue weighted by Gasteiger charge is 2.47. The van der Waals surface area contributed by atoms with Crippen LogP contribution in [0, 0.1) is 11.2 Å². The molecular formula is C14H18ClFN2O3S. The van der Waals surface area contributed by atoms with Crippen molar-refractivity contribution in [3.05, 3.63) is 23.2 Å². The molecule has 2 aliphatic rings. The lowest BCUT2D eigenvalue weighted by Crippen LogP contribution is -2.50. The Bertz CT molecular complexity index is 667. The van der Waals surface area contributed by atoms with Crippen LogP contribution >= 0.6 is 11.6 Å². The lowest BCUT2D eigenvalue weighted by molar-refractivity contribution is -0.0804. The van der Waals surface area contributed by atoms with Crippen LogP contribution in [0.25, 0.3) is 0 Å². The Kier molecular flexibility index (Phi) is 4.18. The van der Waals surface area contributed by atoms with Gasteiger partial charge in [0.25, 0.3) is 0 Å². The van der Waals surface area contributed by atoms with Gasteiger partial charge in [0.05, 0.1) is 6.10 Å². The van der Waals surface area contributed by atoms with Gasteiger partial charge in [-0.05, 0) is 37.2 Å². The first-order valence-corrected chi connectivity index (χ1v) is 9.02. The summed E-state index contributed by atoms with van der Waals surface area (Å²) in [6.07, 6.45) is 5.03. The highest BCUT2D eigenvalue weighted by molar-refractivity contribution is 7.89. The van der Waals surface area contributed by atoms with Crippen molar-refractivity contribution in [2.24, 2.45) is 5.41 Å². The molecule has 1 aliphatic carbocycles. The maximum absolute atomic E-state index is 13.5. The van der Waals surface area contributed by atoms with Crippen LogP contribution in [0.1, 0.15) is 25.7 Å². The predicted molar refractivity (Wildman–Crippen MR) is 79.7 cm³/mol. The van der Waals surface area contributed by atoms with E-state index < -0.39 is 15.8 Å². The minimum absolute atomic E-state index is 0.145. The van der Waals surface area contributed by atoms with Crippen LogP contribution < -0.4 is 0 Å². The molecule has 0 radical (unpaired) electrons. The Labute approximate surface area is 134 Å². The third kappa shape index (κ3) is 2.75. The van der Waals surface area contributed by atoms with E-state index >= 15 is 0 Å². The molecule has 1 spiro atoms. The van der Waals surface area contributed by atoms with Gasteiger partial charge in [0.15, 0.2) is 11.0 Å². The molecule has 22 heavy (non-hydrogen) atoms. The van der Waals surface area contributed by atoms with Gasteiger partial charge in [0, 0.05) is 26.4 Å². The number of sulfonamides is 1. The van der Waals surface area contributed by atoms with Gasteiger partial charge in [-0.2, -0.15) is 4.31 Å². The van der Waals surface area contributed by atoms with E-state index in [-0.39, 0.29) is 15.5 Å². The third-order valence-electron chi connectivity index (χ3n) is 4.85. The van der Waals surface area contributed by atoms with Crippen LogP contribution in [0.5, 0.6) is 0 Å². The minimum atomic E-state index is -3.71. The third-order valence-corrected chi connectivity index (χ3v) is 6.99. The molecule has 3 rings (SSSR count). The minimum Gasteiger partial charge on any atom is -0.381 e. The van der Waals surface area contributed by atoms with Crippen LogP contribution in [0.3, 0.4) is 0 Å². The zero-order chi connectivity index (χ0) is 16.0. The molecule has 0 amide bonds. The lowest BCUT2D eigenvalue weighted by atomic mass is 9.62. The number of aromatic nitrogens is 1. The second-order valence-electron chi connectivity index (χ2n) is 6.11. The number of hydrogen-bond acceptors (Lipinski definition) is 4. The Hall–Kier alpha value is -0.760. The fourth-order valence-corrected chi connectivity index (χ4v) is 4.88. The van der Waals surface area contributed by atoms with E-state index in [0.717, 1.165) is 37.9 Å².